The summed E-state index contributed by atoms with van der Waals surface area (Å²) >= 11 is 0. The third-order valence-corrected chi connectivity index (χ3v) is 1.94. The molecule has 1 N–H and O–H groups in total. The summed E-state index contributed by atoms with van der Waals surface area (Å²) in [6.45, 7) is 3.69. The highest BCUT2D eigenvalue weighted by Crippen LogP contribution is 2.27. The topological polar surface area (TPSA) is 49.2 Å². The SMILES string of the molecule is C=CCN(CCO)c1nccc(C(F)(F)F)n1. The van der Waals surface area contributed by atoms with Crippen LogP contribution in [0, 0.1) is 0 Å². The van der Waals surface area contributed by atoms with Gasteiger partial charge < -0.3 is 10.0 Å². The molecule has 0 aromatic carbocycles. The third kappa shape index (κ3) is 3.70. The van der Waals surface area contributed by atoms with Crippen LogP contribution in [0.25, 0.3) is 0 Å². The molecule has 94 valence electrons. The smallest absolute Gasteiger partial charge is 0.395 e. The second kappa shape index (κ2) is 5.62. The van der Waals surface area contributed by atoms with E-state index in [2.05, 4.69) is 16.5 Å². The van der Waals surface area contributed by atoms with Gasteiger partial charge in [0.2, 0.25) is 5.95 Å². The van der Waals surface area contributed by atoms with Crippen molar-refractivity contribution in [2.45, 2.75) is 6.18 Å². The van der Waals surface area contributed by atoms with Crippen LogP contribution in [0.15, 0.2) is 24.9 Å². The van der Waals surface area contributed by atoms with Crippen molar-refractivity contribution >= 4 is 5.95 Å². The highest BCUT2D eigenvalue weighted by molar-refractivity contribution is 5.31. The fourth-order valence-electron chi connectivity index (χ4n) is 1.21. The lowest BCUT2D eigenvalue weighted by Gasteiger charge is -2.20. The van der Waals surface area contributed by atoms with Gasteiger partial charge in [0.05, 0.1) is 6.61 Å². The van der Waals surface area contributed by atoms with Gasteiger partial charge >= 0.3 is 6.18 Å². The van der Waals surface area contributed by atoms with E-state index in [1.165, 1.54) is 11.0 Å². The molecule has 1 aromatic heterocycles. The first-order valence-corrected chi connectivity index (χ1v) is 4.86. The Morgan fingerprint density at radius 2 is 2.18 bits per heavy atom. The van der Waals surface area contributed by atoms with E-state index in [4.69, 9.17) is 5.11 Å². The molecule has 0 saturated heterocycles. The molecule has 4 nitrogen and oxygen atoms in total. The quantitative estimate of drug-likeness (QED) is 0.801. The minimum absolute atomic E-state index is 0.0752. The Labute approximate surface area is 96.4 Å². The Morgan fingerprint density at radius 3 is 2.71 bits per heavy atom. The average molecular weight is 247 g/mol. The highest BCUT2D eigenvalue weighted by Gasteiger charge is 2.33. The molecule has 0 aliphatic carbocycles. The minimum atomic E-state index is -4.50. The summed E-state index contributed by atoms with van der Waals surface area (Å²) in [7, 11) is 0. The first-order chi connectivity index (χ1) is 7.99. The number of aliphatic hydroxyl groups excluding tert-OH is 1. The van der Waals surface area contributed by atoms with Crippen LogP contribution in [0.2, 0.25) is 0 Å². The van der Waals surface area contributed by atoms with E-state index < -0.39 is 11.9 Å². The Hall–Kier alpha value is -1.63. The fraction of sp³-hybridized carbons (Fsp3) is 0.400. The van der Waals surface area contributed by atoms with Crippen LogP contribution in [0.4, 0.5) is 19.1 Å². The molecular weight excluding hydrogens is 235 g/mol. The molecule has 0 bridgehead atoms. The third-order valence-electron chi connectivity index (χ3n) is 1.94. The molecule has 0 aliphatic rings. The lowest BCUT2D eigenvalue weighted by atomic mass is 10.4. The minimum Gasteiger partial charge on any atom is -0.395 e. The predicted molar refractivity (Wildman–Crippen MR) is 56.5 cm³/mol. The predicted octanol–water partition coefficient (Wildman–Crippen LogP) is 1.48. The maximum Gasteiger partial charge on any atom is 0.433 e. The number of halogens is 3. The van der Waals surface area contributed by atoms with Gasteiger partial charge in [-0.2, -0.15) is 13.2 Å². The van der Waals surface area contributed by atoms with Crippen LogP contribution in [-0.2, 0) is 6.18 Å². The number of nitrogens with zero attached hydrogens (tertiary/aromatic N) is 3. The Balaban J connectivity index is 2.99. The molecule has 7 heteroatoms. The van der Waals surface area contributed by atoms with Crippen molar-refractivity contribution < 1.29 is 18.3 Å². The van der Waals surface area contributed by atoms with Crippen LogP contribution in [0.1, 0.15) is 5.69 Å². The van der Waals surface area contributed by atoms with Gasteiger partial charge in [0.15, 0.2) is 0 Å². The molecule has 0 saturated carbocycles. The van der Waals surface area contributed by atoms with Crippen molar-refractivity contribution in [1.82, 2.24) is 9.97 Å². The van der Waals surface area contributed by atoms with Gasteiger partial charge in [-0.1, -0.05) is 6.08 Å². The molecule has 0 spiro atoms. The van der Waals surface area contributed by atoms with Gasteiger partial charge in [0.1, 0.15) is 5.69 Å². The number of hydrogen-bond acceptors (Lipinski definition) is 4. The molecule has 17 heavy (non-hydrogen) atoms. The van der Waals surface area contributed by atoms with Gasteiger partial charge in [-0.05, 0) is 6.07 Å². The number of anilines is 1. The van der Waals surface area contributed by atoms with Crippen LogP contribution in [-0.4, -0.2) is 34.8 Å². The molecule has 0 atom stereocenters. The summed E-state index contributed by atoms with van der Waals surface area (Å²) in [4.78, 5) is 8.56. The molecule has 0 fully saturated rings. The van der Waals surface area contributed by atoms with Crippen LogP contribution < -0.4 is 4.90 Å². The summed E-state index contributed by atoms with van der Waals surface area (Å²) in [5.74, 6) is -0.0752. The average Bonchev–Trinajstić information content (AvgIpc) is 2.28. The number of alkyl halides is 3. The van der Waals surface area contributed by atoms with Gasteiger partial charge in [-0.3, -0.25) is 0 Å². The van der Waals surface area contributed by atoms with E-state index in [1.54, 1.807) is 0 Å². The van der Waals surface area contributed by atoms with Crippen LogP contribution >= 0.6 is 0 Å². The summed E-state index contributed by atoms with van der Waals surface area (Å²) in [5, 5.41) is 8.80. The molecule has 1 rings (SSSR count). The molecule has 1 heterocycles. The van der Waals surface area contributed by atoms with Gasteiger partial charge in [0, 0.05) is 19.3 Å². The second-order valence-electron chi connectivity index (χ2n) is 3.20. The van der Waals surface area contributed by atoms with E-state index in [0.717, 1.165) is 12.3 Å². The molecule has 0 aliphatic heterocycles. The van der Waals surface area contributed by atoms with Gasteiger partial charge in [0.25, 0.3) is 0 Å². The van der Waals surface area contributed by atoms with Gasteiger partial charge in [-0.15, -0.1) is 6.58 Å². The molecule has 0 amide bonds. The fourth-order valence-corrected chi connectivity index (χ4v) is 1.21. The van der Waals surface area contributed by atoms with E-state index in [-0.39, 0.29) is 25.6 Å². The van der Waals surface area contributed by atoms with E-state index >= 15 is 0 Å². The van der Waals surface area contributed by atoms with E-state index in [9.17, 15) is 13.2 Å². The zero-order chi connectivity index (χ0) is 12.9. The zero-order valence-corrected chi connectivity index (χ0v) is 8.98. The molecule has 0 unspecified atom stereocenters. The first-order valence-electron chi connectivity index (χ1n) is 4.86. The number of hydrogen-bond donors (Lipinski definition) is 1. The van der Waals surface area contributed by atoms with Gasteiger partial charge in [-0.25, -0.2) is 9.97 Å². The summed E-state index contributed by atoms with van der Waals surface area (Å²) in [5.41, 5.74) is -1.01. The summed E-state index contributed by atoms with van der Waals surface area (Å²) in [6.07, 6.45) is -1.96. The Morgan fingerprint density at radius 1 is 1.47 bits per heavy atom. The van der Waals surface area contributed by atoms with Crippen molar-refractivity contribution in [2.24, 2.45) is 0 Å². The zero-order valence-electron chi connectivity index (χ0n) is 8.98. The largest absolute Gasteiger partial charge is 0.433 e. The molecular formula is C10H12F3N3O. The van der Waals surface area contributed by atoms with Crippen molar-refractivity contribution in [1.29, 1.82) is 0 Å². The highest BCUT2D eigenvalue weighted by atomic mass is 19.4. The van der Waals surface area contributed by atoms with Crippen LogP contribution in [0.5, 0.6) is 0 Å². The number of aliphatic hydroxyl groups is 1. The lowest BCUT2D eigenvalue weighted by Crippen LogP contribution is -2.29. The van der Waals surface area contributed by atoms with Crippen LogP contribution in [0.3, 0.4) is 0 Å². The van der Waals surface area contributed by atoms with E-state index in [0.29, 0.717) is 0 Å². The lowest BCUT2D eigenvalue weighted by molar-refractivity contribution is -0.141. The Kier molecular flexibility index (Phi) is 4.45. The van der Waals surface area contributed by atoms with Crippen molar-refractivity contribution in [3.63, 3.8) is 0 Å². The summed E-state index contributed by atoms with van der Waals surface area (Å²) in [6, 6.07) is 0.800. The maximum atomic E-state index is 12.4. The van der Waals surface area contributed by atoms with Crippen molar-refractivity contribution in [3.8, 4) is 0 Å². The normalized spacial score (nSPS) is 11.3. The Bertz CT molecular complexity index is 381. The van der Waals surface area contributed by atoms with E-state index in [1.807, 2.05) is 0 Å². The standard InChI is InChI=1S/C10H12F3N3O/c1-2-5-16(6-7-17)9-14-4-3-8(15-9)10(11,12)13/h2-4,17H,1,5-7H2. The summed E-state index contributed by atoms with van der Waals surface area (Å²) < 4.78 is 37.3. The van der Waals surface area contributed by atoms with Crippen molar-refractivity contribution in [3.05, 3.63) is 30.6 Å². The number of aromatic nitrogens is 2. The maximum absolute atomic E-state index is 12.4. The van der Waals surface area contributed by atoms with Crippen molar-refractivity contribution in [2.75, 3.05) is 24.6 Å². The molecule has 1 aromatic rings. The first kappa shape index (κ1) is 13.4. The second-order valence-corrected chi connectivity index (χ2v) is 3.20. The monoisotopic (exact) mass is 247 g/mol. The molecule has 0 radical (unpaired) electrons. The number of rotatable bonds is 5.